The molecular formula is C17H32N2O2. The zero-order valence-electron chi connectivity index (χ0n) is 13.7. The largest absolute Gasteiger partial charge is 0.480 e. The highest BCUT2D eigenvalue weighted by molar-refractivity contribution is 5.79. The predicted octanol–water partition coefficient (Wildman–Crippen LogP) is 2.73. The van der Waals surface area contributed by atoms with Crippen LogP contribution in [-0.2, 0) is 4.79 Å². The van der Waals surface area contributed by atoms with E-state index in [1.165, 1.54) is 25.9 Å². The minimum atomic E-state index is -0.654. The molecule has 1 heterocycles. The maximum atomic E-state index is 11.9. The lowest BCUT2D eigenvalue weighted by Crippen LogP contribution is -2.55. The van der Waals surface area contributed by atoms with Crippen molar-refractivity contribution in [2.75, 3.05) is 26.2 Å². The number of nitrogens with one attached hydrogen (secondary N) is 1. The Morgan fingerprint density at radius 3 is 2.67 bits per heavy atom. The highest BCUT2D eigenvalue weighted by Gasteiger charge is 2.48. The summed E-state index contributed by atoms with van der Waals surface area (Å²) in [6, 6.07) is 0. The van der Waals surface area contributed by atoms with Gasteiger partial charge in [0.25, 0.3) is 0 Å². The van der Waals surface area contributed by atoms with Crippen LogP contribution in [0, 0.1) is 11.8 Å². The first-order valence-electron chi connectivity index (χ1n) is 8.79. The van der Waals surface area contributed by atoms with Gasteiger partial charge in [0.2, 0.25) is 0 Å². The average molecular weight is 296 g/mol. The molecule has 2 rings (SSSR count). The third-order valence-electron chi connectivity index (χ3n) is 5.56. The predicted molar refractivity (Wildman–Crippen MR) is 85.5 cm³/mol. The number of hydrogen-bond donors (Lipinski definition) is 2. The number of aliphatic carboxylic acids is 1. The number of nitrogens with zero attached hydrogens (tertiary/aromatic N) is 1. The first-order valence-corrected chi connectivity index (χ1v) is 8.79. The molecule has 21 heavy (non-hydrogen) atoms. The second-order valence-corrected chi connectivity index (χ2v) is 7.11. The minimum absolute atomic E-state index is 0.292. The van der Waals surface area contributed by atoms with E-state index in [4.69, 9.17) is 0 Å². The van der Waals surface area contributed by atoms with Gasteiger partial charge >= 0.3 is 5.97 Å². The Balaban J connectivity index is 1.89. The van der Waals surface area contributed by atoms with Crippen LogP contribution in [0.5, 0.6) is 0 Å². The van der Waals surface area contributed by atoms with E-state index in [9.17, 15) is 9.90 Å². The van der Waals surface area contributed by atoms with Crippen molar-refractivity contribution in [3.8, 4) is 0 Å². The van der Waals surface area contributed by atoms with Crippen LogP contribution in [0.3, 0.4) is 0 Å². The quantitative estimate of drug-likeness (QED) is 0.758. The van der Waals surface area contributed by atoms with Crippen molar-refractivity contribution in [3.63, 3.8) is 0 Å². The van der Waals surface area contributed by atoms with Crippen molar-refractivity contribution >= 4 is 5.97 Å². The number of carboxylic acid groups (broad SMARTS) is 1. The molecule has 1 saturated carbocycles. The Bertz CT molecular complexity index is 340. The van der Waals surface area contributed by atoms with Gasteiger partial charge in [-0.1, -0.05) is 20.3 Å². The summed E-state index contributed by atoms with van der Waals surface area (Å²) in [6.45, 7) is 8.69. The molecule has 1 saturated heterocycles. The Hall–Kier alpha value is -0.610. The van der Waals surface area contributed by atoms with Gasteiger partial charge in [-0.05, 0) is 76.5 Å². The monoisotopic (exact) mass is 296 g/mol. The van der Waals surface area contributed by atoms with Crippen LogP contribution in [0.4, 0.5) is 0 Å². The fourth-order valence-electron chi connectivity index (χ4n) is 4.03. The lowest BCUT2D eigenvalue weighted by atomic mass is 9.84. The summed E-state index contributed by atoms with van der Waals surface area (Å²) in [4.78, 5) is 14.4. The molecular weight excluding hydrogens is 264 g/mol. The van der Waals surface area contributed by atoms with Gasteiger partial charge in [-0.15, -0.1) is 0 Å². The fourth-order valence-corrected chi connectivity index (χ4v) is 4.03. The van der Waals surface area contributed by atoms with Crippen LogP contribution < -0.4 is 5.32 Å². The molecule has 0 aromatic rings. The van der Waals surface area contributed by atoms with Gasteiger partial charge < -0.3 is 15.3 Å². The van der Waals surface area contributed by atoms with Gasteiger partial charge in [0, 0.05) is 0 Å². The van der Waals surface area contributed by atoms with Gasteiger partial charge in [0.1, 0.15) is 5.54 Å². The van der Waals surface area contributed by atoms with Crippen LogP contribution in [0.25, 0.3) is 0 Å². The van der Waals surface area contributed by atoms with Crippen molar-refractivity contribution in [2.24, 2.45) is 11.8 Å². The van der Waals surface area contributed by atoms with Gasteiger partial charge in [-0.3, -0.25) is 4.79 Å². The van der Waals surface area contributed by atoms with Crippen LogP contribution in [0.1, 0.15) is 58.8 Å². The summed E-state index contributed by atoms with van der Waals surface area (Å²) < 4.78 is 0. The van der Waals surface area contributed by atoms with Crippen molar-refractivity contribution in [1.82, 2.24) is 10.2 Å². The normalized spacial score (nSPS) is 31.6. The van der Waals surface area contributed by atoms with Crippen molar-refractivity contribution in [2.45, 2.75) is 64.3 Å². The highest BCUT2D eigenvalue weighted by Crippen LogP contribution is 2.38. The molecule has 0 aromatic carbocycles. The Morgan fingerprint density at radius 2 is 2.05 bits per heavy atom. The second kappa shape index (κ2) is 7.59. The van der Waals surface area contributed by atoms with Crippen LogP contribution in [0.15, 0.2) is 0 Å². The number of carboxylic acids is 1. The molecule has 2 atom stereocenters. The molecule has 122 valence electrons. The third kappa shape index (κ3) is 3.98. The zero-order valence-corrected chi connectivity index (χ0v) is 13.7. The average Bonchev–Trinajstić information content (AvgIpc) is 2.89. The number of likely N-dealkylation sites (tertiary alicyclic amines) is 1. The number of carbonyl (C=O) groups is 1. The van der Waals surface area contributed by atoms with E-state index >= 15 is 0 Å². The summed E-state index contributed by atoms with van der Waals surface area (Å²) in [5.41, 5.74) is -0.654. The summed E-state index contributed by atoms with van der Waals surface area (Å²) in [6.07, 6.45) is 7.51. The lowest BCUT2D eigenvalue weighted by molar-refractivity contribution is -0.146. The van der Waals surface area contributed by atoms with Crippen molar-refractivity contribution < 1.29 is 9.90 Å². The highest BCUT2D eigenvalue weighted by atomic mass is 16.4. The number of rotatable bonds is 7. The van der Waals surface area contributed by atoms with E-state index in [0.29, 0.717) is 5.92 Å². The summed E-state index contributed by atoms with van der Waals surface area (Å²) in [5.74, 6) is 0.517. The molecule has 2 fully saturated rings. The van der Waals surface area contributed by atoms with E-state index in [1.54, 1.807) is 0 Å². The molecule has 4 heteroatoms. The molecule has 0 amide bonds. The van der Waals surface area contributed by atoms with Crippen molar-refractivity contribution in [1.29, 1.82) is 0 Å². The van der Waals surface area contributed by atoms with Crippen LogP contribution in [0.2, 0.25) is 0 Å². The summed E-state index contributed by atoms with van der Waals surface area (Å²) in [7, 11) is 0. The van der Waals surface area contributed by atoms with Crippen LogP contribution >= 0.6 is 0 Å². The van der Waals surface area contributed by atoms with E-state index in [0.717, 1.165) is 51.1 Å². The molecule has 0 spiro atoms. The second-order valence-electron chi connectivity index (χ2n) is 7.11. The first-order chi connectivity index (χ1) is 10.1. The zero-order chi connectivity index (χ0) is 15.3. The SMILES string of the molecule is CCCNC1(C(=O)O)CCCC1CCN1CCC(C)CC1. The smallest absolute Gasteiger partial charge is 0.324 e. The molecule has 0 radical (unpaired) electrons. The lowest BCUT2D eigenvalue weighted by Gasteiger charge is -2.35. The fraction of sp³-hybridized carbons (Fsp3) is 0.941. The van der Waals surface area contributed by atoms with Gasteiger partial charge in [-0.25, -0.2) is 0 Å². The van der Waals surface area contributed by atoms with Gasteiger partial charge in [0.05, 0.1) is 0 Å². The topological polar surface area (TPSA) is 52.6 Å². The molecule has 0 aromatic heterocycles. The molecule has 1 aliphatic carbocycles. The third-order valence-corrected chi connectivity index (χ3v) is 5.56. The number of hydrogen-bond acceptors (Lipinski definition) is 3. The van der Waals surface area contributed by atoms with E-state index in [-0.39, 0.29) is 0 Å². The molecule has 2 N–H and O–H groups in total. The molecule has 2 unspecified atom stereocenters. The first kappa shape index (κ1) is 16.8. The minimum Gasteiger partial charge on any atom is -0.480 e. The standard InChI is InChI=1S/C17H32N2O2/c1-3-10-18-17(16(20)21)9-4-5-15(17)8-13-19-11-6-14(2)7-12-19/h14-15,18H,3-13H2,1-2H3,(H,20,21). The van der Waals surface area contributed by atoms with Gasteiger partial charge in [-0.2, -0.15) is 0 Å². The Labute approximate surface area is 129 Å². The van der Waals surface area contributed by atoms with E-state index in [1.807, 2.05) is 0 Å². The molecule has 0 bridgehead atoms. The van der Waals surface area contributed by atoms with Crippen LogP contribution in [-0.4, -0.2) is 47.7 Å². The summed E-state index contributed by atoms with van der Waals surface area (Å²) in [5, 5.41) is 13.1. The number of piperidine rings is 1. The molecule has 1 aliphatic heterocycles. The summed E-state index contributed by atoms with van der Waals surface area (Å²) >= 11 is 0. The Kier molecular flexibility index (Phi) is 6.06. The maximum absolute atomic E-state index is 11.9. The molecule has 4 nitrogen and oxygen atoms in total. The van der Waals surface area contributed by atoms with Crippen molar-refractivity contribution in [3.05, 3.63) is 0 Å². The Morgan fingerprint density at radius 1 is 1.33 bits per heavy atom. The van der Waals surface area contributed by atoms with E-state index < -0.39 is 11.5 Å². The van der Waals surface area contributed by atoms with Gasteiger partial charge in [0.15, 0.2) is 0 Å². The molecule has 2 aliphatic rings. The van der Waals surface area contributed by atoms with E-state index in [2.05, 4.69) is 24.1 Å². The maximum Gasteiger partial charge on any atom is 0.324 e.